The second kappa shape index (κ2) is 8.63. The van der Waals surface area contributed by atoms with Crippen molar-refractivity contribution in [3.63, 3.8) is 0 Å². The Hall–Kier alpha value is -2.90. The van der Waals surface area contributed by atoms with Crippen LogP contribution in [0.15, 0.2) is 30.5 Å². The molecular formula is C21H27N5O3. The molecule has 1 aromatic heterocycles. The number of ether oxygens (including phenoxy) is 1. The van der Waals surface area contributed by atoms with E-state index in [0.29, 0.717) is 11.3 Å². The molecule has 1 aliphatic heterocycles. The van der Waals surface area contributed by atoms with Gasteiger partial charge in [-0.15, -0.1) is 5.10 Å². The van der Waals surface area contributed by atoms with Crippen LogP contribution in [0.1, 0.15) is 65.4 Å². The topological polar surface area (TPSA) is 89.4 Å². The van der Waals surface area contributed by atoms with E-state index in [0.717, 1.165) is 57.4 Å². The fraction of sp³-hybridized carbons (Fsp3) is 0.524. The molecule has 2 amide bonds. The van der Waals surface area contributed by atoms with E-state index in [1.54, 1.807) is 37.6 Å². The first kappa shape index (κ1) is 19.4. The van der Waals surface area contributed by atoms with Crippen LogP contribution in [0.25, 0.3) is 0 Å². The summed E-state index contributed by atoms with van der Waals surface area (Å²) in [5.41, 5.74) is 1.07. The summed E-state index contributed by atoms with van der Waals surface area (Å²) in [6.45, 7) is 1.62. The first-order valence-corrected chi connectivity index (χ1v) is 10.3. The molecule has 0 spiro atoms. The van der Waals surface area contributed by atoms with Crippen LogP contribution >= 0.6 is 0 Å². The van der Waals surface area contributed by atoms with E-state index in [1.165, 1.54) is 0 Å². The normalized spacial score (nSPS) is 21.8. The third-order valence-corrected chi connectivity index (χ3v) is 5.88. The van der Waals surface area contributed by atoms with Crippen molar-refractivity contribution >= 4 is 11.8 Å². The van der Waals surface area contributed by atoms with Crippen LogP contribution in [0.2, 0.25) is 0 Å². The van der Waals surface area contributed by atoms with Gasteiger partial charge in [0.2, 0.25) is 0 Å². The molecule has 8 heteroatoms. The van der Waals surface area contributed by atoms with Crippen LogP contribution in [-0.2, 0) is 0 Å². The Balaban J connectivity index is 1.29. The predicted octanol–water partition coefficient (Wildman–Crippen LogP) is 2.44. The van der Waals surface area contributed by atoms with Crippen molar-refractivity contribution in [2.45, 2.75) is 50.6 Å². The van der Waals surface area contributed by atoms with Gasteiger partial charge in [-0.2, -0.15) is 0 Å². The van der Waals surface area contributed by atoms with Gasteiger partial charge < -0.3 is 15.0 Å². The maximum atomic E-state index is 12.4. The van der Waals surface area contributed by atoms with Crippen molar-refractivity contribution in [1.29, 1.82) is 0 Å². The lowest BCUT2D eigenvalue weighted by molar-refractivity contribution is 0.0786. The van der Waals surface area contributed by atoms with Gasteiger partial charge in [-0.05, 0) is 62.8 Å². The summed E-state index contributed by atoms with van der Waals surface area (Å²) < 4.78 is 6.95. The largest absolute Gasteiger partial charge is 0.497 e. The van der Waals surface area contributed by atoms with Gasteiger partial charge in [0.1, 0.15) is 5.75 Å². The number of benzene rings is 1. The van der Waals surface area contributed by atoms with Gasteiger partial charge in [0, 0.05) is 24.7 Å². The Morgan fingerprint density at radius 3 is 2.41 bits per heavy atom. The molecule has 1 saturated heterocycles. The van der Waals surface area contributed by atoms with Gasteiger partial charge in [0.05, 0.1) is 19.3 Å². The van der Waals surface area contributed by atoms with Crippen LogP contribution in [0, 0.1) is 0 Å². The summed E-state index contributed by atoms with van der Waals surface area (Å²) in [6.07, 6.45) is 7.45. The molecule has 1 saturated carbocycles. The van der Waals surface area contributed by atoms with E-state index in [4.69, 9.17) is 4.74 Å². The minimum absolute atomic E-state index is 0.0193. The number of nitrogens with zero attached hydrogens (tertiary/aromatic N) is 4. The van der Waals surface area contributed by atoms with E-state index in [2.05, 4.69) is 15.6 Å². The molecule has 4 rings (SSSR count). The summed E-state index contributed by atoms with van der Waals surface area (Å²) in [5, 5.41) is 11.4. The van der Waals surface area contributed by atoms with Crippen LogP contribution < -0.4 is 10.1 Å². The van der Waals surface area contributed by atoms with Gasteiger partial charge in [0.25, 0.3) is 11.8 Å². The summed E-state index contributed by atoms with van der Waals surface area (Å²) >= 11 is 0. The number of aromatic nitrogens is 3. The Bertz CT molecular complexity index is 849. The number of nitrogens with one attached hydrogen (secondary N) is 1. The van der Waals surface area contributed by atoms with Crippen LogP contribution in [-0.4, -0.2) is 57.9 Å². The third-order valence-electron chi connectivity index (χ3n) is 5.88. The number of hydrogen-bond donors (Lipinski definition) is 1. The van der Waals surface area contributed by atoms with Crippen molar-refractivity contribution in [2.75, 3.05) is 20.2 Å². The zero-order chi connectivity index (χ0) is 20.2. The molecule has 1 N–H and O–H groups in total. The molecule has 8 nitrogen and oxygen atoms in total. The highest BCUT2D eigenvalue weighted by Gasteiger charge is 2.27. The number of carbonyl (C=O) groups is 2. The van der Waals surface area contributed by atoms with E-state index in [9.17, 15) is 9.59 Å². The fourth-order valence-corrected chi connectivity index (χ4v) is 4.13. The van der Waals surface area contributed by atoms with Crippen molar-refractivity contribution in [1.82, 2.24) is 25.2 Å². The van der Waals surface area contributed by atoms with Gasteiger partial charge in [-0.1, -0.05) is 5.21 Å². The summed E-state index contributed by atoms with van der Waals surface area (Å²) in [4.78, 5) is 26.7. The molecule has 154 valence electrons. The lowest BCUT2D eigenvalue weighted by atomic mass is 9.91. The summed E-state index contributed by atoms with van der Waals surface area (Å²) in [6, 6.07) is 7.49. The maximum Gasteiger partial charge on any atom is 0.276 e. The van der Waals surface area contributed by atoms with Crippen molar-refractivity contribution in [3.8, 4) is 5.75 Å². The minimum Gasteiger partial charge on any atom is -0.497 e. The van der Waals surface area contributed by atoms with Crippen LogP contribution in [0.4, 0.5) is 0 Å². The Labute approximate surface area is 170 Å². The highest BCUT2D eigenvalue weighted by atomic mass is 16.5. The fourth-order valence-electron chi connectivity index (χ4n) is 4.13. The highest BCUT2D eigenvalue weighted by molar-refractivity contribution is 5.94. The van der Waals surface area contributed by atoms with Crippen LogP contribution in [0.5, 0.6) is 5.75 Å². The Kier molecular flexibility index (Phi) is 5.78. The lowest BCUT2D eigenvalue weighted by Crippen LogP contribution is -2.38. The van der Waals surface area contributed by atoms with Crippen molar-refractivity contribution < 1.29 is 14.3 Å². The number of hydrogen-bond acceptors (Lipinski definition) is 5. The average molecular weight is 397 g/mol. The standard InChI is InChI=1S/C21H27N5O3/c1-29-18-10-4-15(5-11-18)20(27)22-16-6-8-17(9-7-16)26-14-19(23-24-26)21(28)25-12-2-3-13-25/h4-5,10-11,14,16-17H,2-3,6-9,12-13H2,1H3,(H,22,27). The molecule has 0 atom stereocenters. The monoisotopic (exact) mass is 397 g/mol. The number of likely N-dealkylation sites (tertiary alicyclic amines) is 1. The quantitative estimate of drug-likeness (QED) is 0.837. The summed E-state index contributed by atoms with van der Waals surface area (Å²) in [7, 11) is 1.61. The van der Waals surface area contributed by atoms with Gasteiger partial charge >= 0.3 is 0 Å². The molecule has 2 aliphatic rings. The molecule has 0 radical (unpaired) electrons. The number of amides is 2. The molecule has 2 fully saturated rings. The average Bonchev–Trinajstić information content (AvgIpc) is 3.46. The van der Waals surface area contributed by atoms with Gasteiger partial charge in [-0.25, -0.2) is 4.68 Å². The molecule has 0 bridgehead atoms. The zero-order valence-electron chi connectivity index (χ0n) is 16.7. The second-order valence-corrected chi connectivity index (χ2v) is 7.79. The molecular weight excluding hydrogens is 370 g/mol. The molecule has 29 heavy (non-hydrogen) atoms. The van der Waals surface area contributed by atoms with E-state index >= 15 is 0 Å². The first-order chi connectivity index (χ1) is 14.1. The number of rotatable bonds is 5. The Morgan fingerprint density at radius 2 is 1.76 bits per heavy atom. The second-order valence-electron chi connectivity index (χ2n) is 7.79. The zero-order valence-corrected chi connectivity index (χ0v) is 16.7. The summed E-state index contributed by atoms with van der Waals surface area (Å²) in [5.74, 6) is 0.655. The number of carbonyl (C=O) groups excluding carboxylic acids is 2. The van der Waals surface area contributed by atoms with Crippen molar-refractivity contribution in [2.24, 2.45) is 0 Å². The molecule has 2 aromatic rings. The molecule has 1 aliphatic carbocycles. The molecule has 1 aromatic carbocycles. The highest BCUT2D eigenvalue weighted by Crippen LogP contribution is 2.28. The maximum absolute atomic E-state index is 12.4. The smallest absolute Gasteiger partial charge is 0.276 e. The number of methoxy groups -OCH3 is 1. The molecule has 0 unspecified atom stereocenters. The minimum atomic E-state index is -0.0599. The van der Waals surface area contributed by atoms with Gasteiger partial charge in [-0.3, -0.25) is 9.59 Å². The molecule has 2 heterocycles. The lowest BCUT2D eigenvalue weighted by Gasteiger charge is -2.29. The Morgan fingerprint density at radius 1 is 1.07 bits per heavy atom. The van der Waals surface area contributed by atoms with E-state index in [1.807, 2.05) is 9.58 Å². The third kappa shape index (κ3) is 4.41. The van der Waals surface area contributed by atoms with Crippen molar-refractivity contribution in [3.05, 3.63) is 41.7 Å². The van der Waals surface area contributed by atoms with Gasteiger partial charge in [0.15, 0.2) is 5.69 Å². The predicted molar refractivity (Wildman–Crippen MR) is 107 cm³/mol. The first-order valence-electron chi connectivity index (χ1n) is 10.3. The van der Waals surface area contributed by atoms with E-state index < -0.39 is 0 Å². The van der Waals surface area contributed by atoms with E-state index in [-0.39, 0.29) is 23.9 Å². The SMILES string of the molecule is COc1ccc(C(=O)NC2CCC(n3cc(C(=O)N4CCCC4)nn3)CC2)cc1. The van der Waals surface area contributed by atoms with Crippen LogP contribution in [0.3, 0.4) is 0 Å².